The first kappa shape index (κ1) is 16.7. The summed E-state index contributed by atoms with van der Waals surface area (Å²) in [5.41, 5.74) is 0. The van der Waals surface area contributed by atoms with Gasteiger partial charge in [0.1, 0.15) is 11.6 Å². The predicted octanol–water partition coefficient (Wildman–Crippen LogP) is 2.20. The van der Waals surface area contributed by atoms with E-state index in [1.807, 2.05) is 0 Å². The molecule has 1 aromatic rings. The summed E-state index contributed by atoms with van der Waals surface area (Å²) in [7, 11) is 0. The molecule has 0 bridgehead atoms. The van der Waals surface area contributed by atoms with Crippen LogP contribution in [-0.4, -0.2) is 45.8 Å². The van der Waals surface area contributed by atoms with Crippen molar-refractivity contribution in [3.8, 4) is 0 Å². The molecule has 1 saturated heterocycles. The highest BCUT2D eigenvalue weighted by Gasteiger charge is 2.30. The number of rotatable bonds is 3. The van der Waals surface area contributed by atoms with Crippen LogP contribution in [0, 0.1) is 5.92 Å². The molecule has 5 nitrogen and oxygen atoms in total. The van der Waals surface area contributed by atoms with Gasteiger partial charge in [0.2, 0.25) is 0 Å². The van der Waals surface area contributed by atoms with Gasteiger partial charge in [-0.3, -0.25) is 4.90 Å². The average Bonchev–Trinajstić information content (AvgIpc) is 2.88. The zero-order chi connectivity index (χ0) is 14.1. The third-order valence-electron chi connectivity index (χ3n) is 4.75. The Morgan fingerprint density at radius 1 is 1.29 bits per heavy atom. The minimum atomic E-state index is 0. The maximum atomic E-state index is 4.46. The SMILES string of the molecule is CC(C)c1nnc2n1CCN(CC1CCCNC1)C2C.Cl. The number of fused-ring (bicyclic) bond motifs is 1. The van der Waals surface area contributed by atoms with E-state index in [0.29, 0.717) is 12.0 Å². The molecule has 3 heterocycles. The minimum Gasteiger partial charge on any atom is -0.316 e. The van der Waals surface area contributed by atoms with E-state index in [0.717, 1.165) is 30.7 Å². The standard InChI is InChI=1S/C15H27N5.ClH/c1-11(2)14-17-18-15-12(3)19(7-8-20(14)15)10-13-5-4-6-16-9-13;/h11-13,16H,4-10H2,1-3H3;1H. The van der Waals surface area contributed by atoms with Crippen molar-refractivity contribution < 1.29 is 0 Å². The minimum absolute atomic E-state index is 0. The number of hydrogen-bond donors (Lipinski definition) is 1. The Morgan fingerprint density at radius 3 is 2.76 bits per heavy atom. The second-order valence-electron chi connectivity index (χ2n) is 6.61. The maximum absolute atomic E-state index is 4.46. The van der Waals surface area contributed by atoms with Crippen LogP contribution < -0.4 is 5.32 Å². The zero-order valence-electron chi connectivity index (χ0n) is 13.4. The van der Waals surface area contributed by atoms with Gasteiger partial charge >= 0.3 is 0 Å². The lowest BCUT2D eigenvalue weighted by Crippen LogP contribution is -2.43. The first-order valence-electron chi connectivity index (χ1n) is 8.04. The number of hydrogen-bond acceptors (Lipinski definition) is 4. The molecule has 3 rings (SSSR count). The second kappa shape index (κ2) is 7.07. The van der Waals surface area contributed by atoms with Crippen LogP contribution >= 0.6 is 12.4 Å². The highest BCUT2D eigenvalue weighted by Crippen LogP contribution is 2.28. The molecule has 0 radical (unpaired) electrons. The summed E-state index contributed by atoms with van der Waals surface area (Å²) in [6, 6.07) is 0.394. The first-order valence-corrected chi connectivity index (χ1v) is 8.04. The van der Waals surface area contributed by atoms with E-state index < -0.39 is 0 Å². The van der Waals surface area contributed by atoms with Crippen LogP contribution in [0.1, 0.15) is 57.2 Å². The number of nitrogens with zero attached hydrogens (tertiary/aromatic N) is 4. The topological polar surface area (TPSA) is 46.0 Å². The number of nitrogens with one attached hydrogen (secondary N) is 1. The summed E-state index contributed by atoms with van der Waals surface area (Å²) in [4.78, 5) is 2.59. The van der Waals surface area contributed by atoms with Crippen LogP contribution in [0.2, 0.25) is 0 Å². The monoisotopic (exact) mass is 313 g/mol. The summed E-state index contributed by atoms with van der Waals surface area (Å²) >= 11 is 0. The maximum Gasteiger partial charge on any atom is 0.150 e. The van der Waals surface area contributed by atoms with Crippen LogP contribution in [0.5, 0.6) is 0 Å². The fraction of sp³-hybridized carbons (Fsp3) is 0.867. The van der Waals surface area contributed by atoms with E-state index in [2.05, 4.69) is 45.8 Å². The molecule has 2 aliphatic heterocycles. The second-order valence-corrected chi connectivity index (χ2v) is 6.61. The van der Waals surface area contributed by atoms with Gasteiger partial charge in [0.25, 0.3) is 0 Å². The van der Waals surface area contributed by atoms with Gasteiger partial charge in [-0.15, -0.1) is 22.6 Å². The third-order valence-corrected chi connectivity index (χ3v) is 4.75. The van der Waals surface area contributed by atoms with E-state index >= 15 is 0 Å². The molecule has 2 atom stereocenters. The van der Waals surface area contributed by atoms with Crippen molar-refractivity contribution in [1.82, 2.24) is 25.0 Å². The molecule has 0 amide bonds. The van der Waals surface area contributed by atoms with Crippen LogP contribution in [0.25, 0.3) is 0 Å². The summed E-state index contributed by atoms with van der Waals surface area (Å²) in [6.45, 7) is 12.4. The lowest BCUT2D eigenvalue weighted by atomic mass is 9.98. The summed E-state index contributed by atoms with van der Waals surface area (Å²) in [5.74, 6) is 3.55. The van der Waals surface area contributed by atoms with Gasteiger partial charge in [0.15, 0.2) is 0 Å². The Hall–Kier alpha value is -0.650. The molecule has 120 valence electrons. The molecule has 1 aromatic heterocycles. The fourth-order valence-electron chi connectivity index (χ4n) is 3.54. The Bertz CT molecular complexity index is 453. The first-order chi connectivity index (χ1) is 9.66. The van der Waals surface area contributed by atoms with E-state index in [-0.39, 0.29) is 12.4 Å². The Balaban J connectivity index is 0.00000161. The van der Waals surface area contributed by atoms with Crippen LogP contribution in [-0.2, 0) is 6.54 Å². The largest absolute Gasteiger partial charge is 0.316 e. The molecule has 21 heavy (non-hydrogen) atoms. The average molecular weight is 314 g/mol. The Morgan fingerprint density at radius 2 is 2.10 bits per heavy atom. The number of piperidine rings is 1. The number of aromatic nitrogens is 3. The molecule has 6 heteroatoms. The lowest BCUT2D eigenvalue weighted by molar-refractivity contribution is 0.128. The van der Waals surface area contributed by atoms with Gasteiger partial charge in [-0.25, -0.2) is 0 Å². The lowest BCUT2D eigenvalue weighted by Gasteiger charge is -2.37. The summed E-state index contributed by atoms with van der Waals surface area (Å²) in [5, 5.41) is 12.4. The Labute approximate surface area is 133 Å². The van der Waals surface area contributed by atoms with Gasteiger partial charge in [-0.1, -0.05) is 13.8 Å². The Kier molecular flexibility index (Phi) is 5.63. The molecule has 2 aliphatic rings. The zero-order valence-corrected chi connectivity index (χ0v) is 14.2. The van der Waals surface area contributed by atoms with Gasteiger partial charge in [0, 0.05) is 25.6 Å². The smallest absolute Gasteiger partial charge is 0.150 e. The van der Waals surface area contributed by atoms with Gasteiger partial charge in [-0.05, 0) is 38.8 Å². The van der Waals surface area contributed by atoms with E-state index in [9.17, 15) is 0 Å². The molecule has 1 N–H and O–H groups in total. The highest BCUT2D eigenvalue weighted by molar-refractivity contribution is 5.85. The molecular formula is C15H28ClN5. The van der Waals surface area contributed by atoms with Crippen LogP contribution in [0.15, 0.2) is 0 Å². The van der Waals surface area contributed by atoms with Crippen molar-refractivity contribution in [2.45, 2.75) is 52.1 Å². The van der Waals surface area contributed by atoms with Crippen molar-refractivity contribution in [2.24, 2.45) is 5.92 Å². The highest BCUT2D eigenvalue weighted by atomic mass is 35.5. The van der Waals surface area contributed by atoms with Crippen LogP contribution in [0.4, 0.5) is 0 Å². The predicted molar refractivity (Wildman–Crippen MR) is 86.9 cm³/mol. The molecule has 2 unspecified atom stereocenters. The van der Waals surface area contributed by atoms with Crippen molar-refractivity contribution in [3.63, 3.8) is 0 Å². The fourth-order valence-corrected chi connectivity index (χ4v) is 3.54. The van der Waals surface area contributed by atoms with E-state index in [4.69, 9.17) is 0 Å². The molecular weight excluding hydrogens is 286 g/mol. The van der Waals surface area contributed by atoms with Crippen molar-refractivity contribution in [2.75, 3.05) is 26.2 Å². The number of halogens is 1. The van der Waals surface area contributed by atoms with Gasteiger partial charge < -0.3 is 9.88 Å². The molecule has 0 aromatic carbocycles. The normalized spacial score (nSPS) is 26.5. The summed E-state index contributed by atoms with van der Waals surface area (Å²) in [6.07, 6.45) is 2.68. The molecule has 0 aliphatic carbocycles. The van der Waals surface area contributed by atoms with Crippen molar-refractivity contribution in [1.29, 1.82) is 0 Å². The van der Waals surface area contributed by atoms with Crippen molar-refractivity contribution >= 4 is 12.4 Å². The van der Waals surface area contributed by atoms with Gasteiger partial charge in [0.05, 0.1) is 6.04 Å². The quantitative estimate of drug-likeness (QED) is 0.929. The van der Waals surface area contributed by atoms with Crippen LogP contribution in [0.3, 0.4) is 0 Å². The molecule has 0 saturated carbocycles. The molecule has 0 spiro atoms. The molecule has 1 fully saturated rings. The van der Waals surface area contributed by atoms with E-state index in [1.54, 1.807) is 0 Å². The van der Waals surface area contributed by atoms with Gasteiger partial charge in [-0.2, -0.15) is 0 Å². The van der Waals surface area contributed by atoms with E-state index in [1.165, 1.54) is 32.5 Å². The van der Waals surface area contributed by atoms with Crippen molar-refractivity contribution in [3.05, 3.63) is 11.6 Å². The third kappa shape index (κ3) is 3.41. The summed E-state index contributed by atoms with van der Waals surface area (Å²) < 4.78 is 2.34.